The minimum Gasteiger partial charge on any atom is -0.330 e. The molecule has 2 N–H and O–H groups in total. The lowest BCUT2D eigenvalue weighted by Crippen LogP contribution is -2.08. The maximum Gasteiger partial charge on any atom is 0.130 e. The number of hydrogen-bond acceptors (Lipinski definition) is 3. The molecule has 0 aliphatic heterocycles. The topological polar surface area (TPSA) is 51.8 Å². The average Bonchev–Trinajstić information content (AvgIpc) is 2.29. The maximum atomic E-state index is 5.55. The van der Waals surface area contributed by atoms with Crippen LogP contribution in [0.3, 0.4) is 0 Å². The fraction of sp³-hybridized carbons (Fsp3) is 0.286. The van der Waals surface area contributed by atoms with E-state index < -0.39 is 0 Å². The summed E-state index contributed by atoms with van der Waals surface area (Å²) in [5.41, 5.74) is 9.91. The van der Waals surface area contributed by atoms with Gasteiger partial charge in [0, 0.05) is 17.7 Å². The first-order valence-electron chi connectivity index (χ1n) is 5.81. The fourth-order valence-electron chi connectivity index (χ4n) is 1.87. The Morgan fingerprint density at radius 2 is 1.88 bits per heavy atom. The van der Waals surface area contributed by atoms with Crippen molar-refractivity contribution in [3.05, 3.63) is 47.4 Å². The van der Waals surface area contributed by atoms with Crippen LogP contribution in [0.4, 0.5) is 0 Å². The molecule has 0 aliphatic carbocycles. The van der Waals surface area contributed by atoms with E-state index in [0.717, 1.165) is 29.2 Å². The van der Waals surface area contributed by atoms with Crippen LogP contribution in [0.2, 0.25) is 0 Å². The highest BCUT2D eigenvalue weighted by atomic mass is 14.9. The van der Waals surface area contributed by atoms with Crippen molar-refractivity contribution >= 4 is 0 Å². The molecular weight excluding hydrogens is 210 g/mol. The van der Waals surface area contributed by atoms with Crippen LogP contribution >= 0.6 is 0 Å². The molecule has 0 amide bonds. The van der Waals surface area contributed by atoms with Gasteiger partial charge in [-0.1, -0.05) is 24.3 Å². The van der Waals surface area contributed by atoms with Crippen LogP contribution in [-0.2, 0) is 6.42 Å². The lowest BCUT2D eigenvalue weighted by molar-refractivity contribution is 0.858. The van der Waals surface area contributed by atoms with Gasteiger partial charge in [-0.15, -0.1) is 0 Å². The van der Waals surface area contributed by atoms with Gasteiger partial charge in [-0.3, -0.25) is 0 Å². The number of aromatic nitrogens is 2. The second-order valence-corrected chi connectivity index (χ2v) is 4.16. The third-order valence-electron chi connectivity index (χ3n) is 2.69. The van der Waals surface area contributed by atoms with E-state index in [1.807, 2.05) is 25.1 Å². The number of benzene rings is 1. The summed E-state index contributed by atoms with van der Waals surface area (Å²) in [6, 6.07) is 10.3. The highest BCUT2D eigenvalue weighted by molar-refractivity contribution is 5.63. The molecule has 1 aromatic carbocycles. The van der Waals surface area contributed by atoms with Crippen molar-refractivity contribution in [1.82, 2.24) is 9.97 Å². The van der Waals surface area contributed by atoms with Crippen molar-refractivity contribution in [1.29, 1.82) is 0 Å². The largest absolute Gasteiger partial charge is 0.330 e. The van der Waals surface area contributed by atoms with E-state index in [0.29, 0.717) is 6.54 Å². The zero-order chi connectivity index (χ0) is 12.3. The van der Waals surface area contributed by atoms with Gasteiger partial charge in [0.1, 0.15) is 5.82 Å². The Bertz CT molecular complexity index is 521. The van der Waals surface area contributed by atoms with Gasteiger partial charge >= 0.3 is 0 Å². The van der Waals surface area contributed by atoms with Gasteiger partial charge in [0.15, 0.2) is 0 Å². The van der Waals surface area contributed by atoms with Crippen LogP contribution in [-0.4, -0.2) is 16.5 Å². The van der Waals surface area contributed by atoms with E-state index in [1.165, 1.54) is 5.56 Å². The molecule has 0 aliphatic rings. The SMILES string of the molecule is Cc1cc(-c2ccccc2C)nc(CCN)n1. The van der Waals surface area contributed by atoms with Crippen LogP contribution in [0.15, 0.2) is 30.3 Å². The Labute approximate surface area is 102 Å². The summed E-state index contributed by atoms with van der Waals surface area (Å²) < 4.78 is 0. The number of nitrogens with two attached hydrogens (primary N) is 1. The second-order valence-electron chi connectivity index (χ2n) is 4.16. The highest BCUT2D eigenvalue weighted by Crippen LogP contribution is 2.21. The Morgan fingerprint density at radius 1 is 1.12 bits per heavy atom. The van der Waals surface area contributed by atoms with E-state index >= 15 is 0 Å². The molecule has 3 nitrogen and oxygen atoms in total. The smallest absolute Gasteiger partial charge is 0.130 e. The lowest BCUT2D eigenvalue weighted by Gasteiger charge is -2.07. The summed E-state index contributed by atoms with van der Waals surface area (Å²) in [7, 11) is 0. The van der Waals surface area contributed by atoms with Gasteiger partial charge in [-0.05, 0) is 32.0 Å². The second kappa shape index (κ2) is 5.06. The first-order valence-corrected chi connectivity index (χ1v) is 5.81. The standard InChI is InChI=1S/C14H17N3/c1-10-5-3-4-6-12(10)13-9-11(2)16-14(17-13)7-8-15/h3-6,9H,7-8,15H2,1-2H3. The summed E-state index contributed by atoms with van der Waals surface area (Å²) in [5, 5.41) is 0. The molecule has 0 spiro atoms. The van der Waals surface area contributed by atoms with Crippen molar-refractivity contribution in [2.75, 3.05) is 6.54 Å². The zero-order valence-electron chi connectivity index (χ0n) is 10.3. The molecule has 0 fully saturated rings. The van der Waals surface area contributed by atoms with Crippen LogP contribution in [0.5, 0.6) is 0 Å². The summed E-state index contributed by atoms with van der Waals surface area (Å²) in [6.45, 7) is 4.66. The van der Waals surface area contributed by atoms with Gasteiger partial charge in [-0.2, -0.15) is 0 Å². The Kier molecular flexibility index (Phi) is 3.49. The van der Waals surface area contributed by atoms with Crippen molar-refractivity contribution < 1.29 is 0 Å². The molecule has 1 aromatic heterocycles. The molecule has 0 saturated heterocycles. The Hall–Kier alpha value is -1.74. The molecule has 1 heterocycles. The van der Waals surface area contributed by atoms with Gasteiger partial charge < -0.3 is 5.73 Å². The normalized spacial score (nSPS) is 10.5. The summed E-state index contributed by atoms with van der Waals surface area (Å²) >= 11 is 0. The molecular formula is C14H17N3. The summed E-state index contributed by atoms with van der Waals surface area (Å²) in [4.78, 5) is 8.95. The van der Waals surface area contributed by atoms with Gasteiger partial charge in [-0.25, -0.2) is 9.97 Å². The molecule has 88 valence electrons. The number of aryl methyl sites for hydroxylation is 2. The zero-order valence-corrected chi connectivity index (χ0v) is 10.3. The molecule has 2 aromatic rings. The third kappa shape index (κ3) is 2.68. The van der Waals surface area contributed by atoms with Crippen LogP contribution in [0, 0.1) is 13.8 Å². The summed E-state index contributed by atoms with van der Waals surface area (Å²) in [6.07, 6.45) is 0.723. The number of hydrogen-bond donors (Lipinski definition) is 1. The van der Waals surface area contributed by atoms with Crippen molar-refractivity contribution in [2.45, 2.75) is 20.3 Å². The predicted octanol–water partition coefficient (Wildman–Crippen LogP) is 2.26. The maximum absolute atomic E-state index is 5.55. The molecule has 0 saturated carbocycles. The molecule has 0 bridgehead atoms. The van der Waals surface area contributed by atoms with E-state index in [-0.39, 0.29) is 0 Å². The Morgan fingerprint density at radius 3 is 2.59 bits per heavy atom. The quantitative estimate of drug-likeness (QED) is 0.875. The average molecular weight is 227 g/mol. The summed E-state index contributed by atoms with van der Waals surface area (Å²) in [5.74, 6) is 0.825. The first-order chi connectivity index (χ1) is 8.20. The van der Waals surface area contributed by atoms with Gasteiger partial charge in [0.05, 0.1) is 5.69 Å². The minimum atomic E-state index is 0.580. The van der Waals surface area contributed by atoms with Gasteiger partial charge in [0.2, 0.25) is 0 Å². The molecule has 2 rings (SSSR count). The number of rotatable bonds is 3. The predicted molar refractivity (Wildman–Crippen MR) is 69.7 cm³/mol. The number of nitrogens with zero attached hydrogens (tertiary/aromatic N) is 2. The van der Waals surface area contributed by atoms with E-state index in [1.54, 1.807) is 0 Å². The van der Waals surface area contributed by atoms with Crippen molar-refractivity contribution in [2.24, 2.45) is 5.73 Å². The van der Waals surface area contributed by atoms with E-state index in [9.17, 15) is 0 Å². The Balaban J connectivity index is 2.48. The fourth-order valence-corrected chi connectivity index (χ4v) is 1.87. The van der Waals surface area contributed by atoms with Gasteiger partial charge in [0.25, 0.3) is 0 Å². The molecule has 0 atom stereocenters. The molecule has 17 heavy (non-hydrogen) atoms. The van der Waals surface area contributed by atoms with Crippen molar-refractivity contribution in [3.8, 4) is 11.3 Å². The monoisotopic (exact) mass is 227 g/mol. The lowest BCUT2D eigenvalue weighted by atomic mass is 10.1. The van der Waals surface area contributed by atoms with Crippen molar-refractivity contribution in [3.63, 3.8) is 0 Å². The molecule has 0 unspecified atom stereocenters. The van der Waals surface area contributed by atoms with E-state index in [4.69, 9.17) is 5.73 Å². The molecule has 3 heteroatoms. The van der Waals surface area contributed by atoms with Crippen LogP contribution in [0.25, 0.3) is 11.3 Å². The minimum absolute atomic E-state index is 0.580. The highest BCUT2D eigenvalue weighted by Gasteiger charge is 2.06. The molecule has 0 radical (unpaired) electrons. The van der Waals surface area contributed by atoms with Crippen LogP contribution < -0.4 is 5.73 Å². The third-order valence-corrected chi connectivity index (χ3v) is 2.69. The van der Waals surface area contributed by atoms with E-state index in [2.05, 4.69) is 29.0 Å². The van der Waals surface area contributed by atoms with Crippen LogP contribution in [0.1, 0.15) is 17.1 Å². The first kappa shape index (κ1) is 11.7.